The van der Waals surface area contributed by atoms with Crippen molar-refractivity contribution in [3.8, 4) is 0 Å². The standard InChI is InChI=1S/CN.Co.H3O7PS/c1-2;;1-8(2,3)6-7-9(4)5/h;;(H,4,5)(H2,1,2,3)/q-1;+2;/p-1. The zero-order valence-corrected chi connectivity index (χ0v) is 7.82. The molecule has 2 N–H and O–H groups in total. The van der Waals surface area contributed by atoms with E-state index in [-0.39, 0.29) is 16.8 Å². The molecule has 0 aliphatic carbocycles. The summed E-state index contributed by atoms with van der Waals surface area (Å²) in [4.78, 5) is 17.2. The van der Waals surface area contributed by atoms with E-state index >= 15 is 0 Å². The fraction of sp³-hybridized carbons (Fsp3) is 0. The van der Waals surface area contributed by atoms with Gasteiger partial charge >= 0.3 is 28.1 Å². The SMILES string of the molecule is O=S(O)OOP(=O)([O-])O.[C-]#N.[Co+2]. The Morgan fingerprint density at radius 2 is 1.92 bits per heavy atom. The van der Waals surface area contributed by atoms with Crippen LogP contribution >= 0.6 is 7.82 Å². The van der Waals surface area contributed by atoms with E-state index in [1.54, 1.807) is 0 Å². The molecular weight excluding hydrogens is 260 g/mol. The molecule has 0 rings (SSSR count). The maximum atomic E-state index is 9.53. The summed E-state index contributed by atoms with van der Waals surface area (Å²) in [6.07, 6.45) is 0. The summed E-state index contributed by atoms with van der Waals surface area (Å²) < 4.78 is 32.7. The van der Waals surface area contributed by atoms with E-state index in [1.807, 2.05) is 0 Å². The molecule has 12 heavy (non-hydrogen) atoms. The van der Waals surface area contributed by atoms with Gasteiger partial charge < -0.3 is 21.6 Å². The zero-order chi connectivity index (χ0) is 9.49. The molecule has 8 nitrogen and oxygen atoms in total. The Bertz CT molecular complexity index is 187. The monoisotopic (exact) mass is 262 g/mol. The van der Waals surface area contributed by atoms with E-state index in [0.29, 0.717) is 0 Å². The second-order valence-electron chi connectivity index (χ2n) is 0.828. The molecule has 2 atom stereocenters. The Morgan fingerprint density at radius 3 is 2.00 bits per heavy atom. The van der Waals surface area contributed by atoms with Crippen molar-refractivity contribution in [3.63, 3.8) is 0 Å². The van der Waals surface area contributed by atoms with E-state index in [9.17, 15) is 13.7 Å². The van der Waals surface area contributed by atoms with Crippen molar-refractivity contribution in [2.45, 2.75) is 0 Å². The van der Waals surface area contributed by atoms with E-state index in [2.05, 4.69) is 9.01 Å². The van der Waals surface area contributed by atoms with E-state index in [1.165, 1.54) is 0 Å². The van der Waals surface area contributed by atoms with Gasteiger partial charge in [0.2, 0.25) is 0 Å². The topological polar surface area (TPSA) is 140 Å². The van der Waals surface area contributed by atoms with Crippen LogP contribution in [-0.2, 0) is 41.7 Å². The van der Waals surface area contributed by atoms with Gasteiger partial charge in [0.15, 0.2) is 0 Å². The second kappa shape index (κ2) is 9.27. The minimum absolute atomic E-state index is 0. The van der Waals surface area contributed by atoms with Crippen LogP contribution in [0.4, 0.5) is 0 Å². The van der Waals surface area contributed by atoms with Gasteiger partial charge in [-0.15, -0.1) is 4.67 Å². The van der Waals surface area contributed by atoms with Gasteiger partial charge in [-0.1, -0.05) is 4.33 Å². The van der Waals surface area contributed by atoms with Gasteiger partial charge in [0.1, 0.15) is 0 Å². The van der Waals surface area contributed by atoms with E-state index in [4.69, 9.17) is 21.3 Å². The van der Waals surface area contributed by atoms with Gasteiger partial charge in [0.05, 0.1) is 0 Å². The Kier molecular flexibility index (Phi) is 13.9. The van der Waals surface area contributed by atoms with E-state index in [0.717, 1.165) is 0 Å². The molecule has 2 unspecified atom stereocenters. The second-order valence-corrected chi connectivity index (χ2v) is 2.48. The molecule has 0 saturated carbocycles. The molecule has 1 radical (unpaired) electrons. The summed E-state index contributed by atoms with van der Waals surface area (Å²) >= 11 is -2.87. The first-order valence-corrected chi connectivity index (χ1v) is 4.18. The van der Waals surface area contributed by atoms with Crippen LogP contribution in [0.15, 0.2) is 0 Å². The predicted molar refractivity (Wildman–Crippen MR) is 27.7 cm³/mol. The average Bonchev–Trinajstić information content (AvgIpc) is 1.87. The average molecular weight is 262 g/mol. The summed E-state index contributed by atoms with van der Waals surface area (Å²) in [6.45, 7) is 4.75. The zero-order valence-electron chi connectivity index (χ0n) is 5.07. The molecule has 0 aliphatic heterocycles. The summed E-state index contributed by atoms with van der Waals surface area (Å²) in [5.74, 6) is 0. The van der Waals surface area contributed by atoms with Crippen molar-refractivity contribution >= 4 is 19.2 Å². The smallest absolute Gasteiger partial charge is 0.755 e. The van der Waals surface area contributed by atoms with Crippen LogP contribution < -0.4 is 4.89 Å². The van der Waals surface area contributed by atoms with Crippen molar-refractivity contribution in [2.24, 2.45) is 0 Å². The Morgan fingerprint density at radius 1 is 1.58 bits per heavy atom. The number of rotatable bonds is 3. The first-order valence-electron chi connectivity index (χ1n) is 1.65. The predicted octanol–water partition coefficient (Wildman–Crippen LogP) is -1.37. The van der Waals surface area contributed by atoms with Gasteiger partial charge in [-0.25, -0.2) is 0 Å². The van der Waals surface area contributed by atoms with Crippen molar-refractivity contribution in [2.75, 3.05) is 0 Å². The molecule has 0 aliphatic rings. The van der Waals surface area contributed by atoms with Gasteiger partial charge in [0, 0.05) is 0 Å². The molecule has 0 aromatic heterocycles. The van der Waals surface area contributed by atoms with Crippen LogP contribution in [0.1, 0.15) is 0 Å². The maximum absolute atomic E-state index is 9.53. The molecule has 73 valence electrons. The van der Waals surface area contributed by atoms with Crippen LogP contribution in [-0.4, -0.2) is 13.7 Å². The molecule has 0 spiro atoms. The Balaban J connectivity index is -0.000000249. The van der Waals surface area contributed by atoms with Crippen molar-refractivity contribution in [1.82, 2.24) is 0 Å². The normalized spacial score (nSPS) is 15.8. The number of phosphoric acid groups is 1. The van der Waals surface area contributed by atoms with Gasteiger partial charge in [0.25, 0.3) is 7.82 Å². The maximum Gasteiger partial charge on any atom is 2.00 e. The molecule has 0 saturated heterocycles. The van der Waals surface area contributed by atoms with Crippen LogP contribution in [0.5, 0.6) is 0 Å². The van der Waals surface area contributed by atoms with Gasteiger partial charge in [-0.3, -0.25) is 9.12 Å². The molecule has 0 bridgehead atoms. The molecule has 11 heteroatoms. The summed E-state index contributed by atoms with van der Waals surface area (Å²) in [7, 11) is -5.04. The first-order chi connectivity index (χ1) is 4.92. The van der Waals surface area contributed by atoms with E-state index < -0.39 is 19.2 Å². The molecular formula is CH2CoNO7PS. The first kappa shape index (κ1) is 18.1. The molecule has 0 heterocycles. The summed E-state index contributed by atoms with van der Waals surface area (Å²) in [6, 6.07) is 0. The number of hydrogen-bond acceptors (Lipinski definition) is 6. The van der Waals surface area contributed by atoms with Crippen molar-refractivity contribution in [3.05, 3.63) is 6.57 Å². The van der Waals surface area contributed by atoms with Gasteiger partial charge in [-0.2, -0.15) is 4.21 Å². The van der Waals surface area contributed by atoms with Crippen LogP contribution in [0.2, 0.25) is 0 Å². The Labute approximate surface area is 80.3 Å². The van der Waals surface area contributed by atoms with Crippen LogP contribution in [0.3, 0.4) is 0 Å². The van der Waals surface area contributed by atoms with Crippen molar-refractivity contribution in [1.29, 1.82) is 5.26 Å². The number of nitrogens with zero attached hydrogens (tertiary/aromatic N) is 1. The minimum Gasteiger partial charge on any atom is -0.755 e. The summed E-state index contributed by atoms with van der Waals surface area (Å²) in [5.41, 5.74) is 0. The molecule has 0 amide bonds. The van der Waals surface area contributed by atoms with Crippen molar-refractivity contribution < 1.29 is 48.9 Å². The third kappa shape index (κ3) is 22.5. The van der Waals surface area contributed by atoms with Gasteiger partial charge in [-0.05, 0) is 0 Å². The molecule has 0 aromatic carbocycles. The van der Waals surface area contributed by atoms with Crippen LogP contribution in [0, 0.1) is 11.8 Å². The minimum atomic E-state index is -5.04. The molecule has 0 fully saturated rings. The third-order valence-corrected chi connectivity index (χ3v) is 0.731. The fourth-order valence-corrected chi connectivity index (χ4v) is 0.580. The fourth-order valence-electron chi connectivity index (χ4n) is 0.0645. The Hall–Kier alpha value is 0.176. The third-order valence-electron chi connectivity index (χ3n) is 0.183. The van der Waals surface area contributed by atoms with Crippen LogP contribution in [0.25, 0.3) is 0 Å². The summed E-state index contributed by atoms with van der Waals surface area (Å²) in [5, 5.41) is 6.25. The quantitative estimate of drug-likeness (QED) is 0.208. The largest absolute Gasteiger partial charge is 2.00 e. The number of hydrogen-bond donors (Lipinski definition) is 2. The molecule has 0 aromatic rings.